The summed E-state index contributed by atoms with van der Waals surface area (Å²) in [4.78, 5) is 11.2. The molecule has 0 N–H and O–H groups in total. The molecule has 0 fully saturated rings. The average molecular weight is 238 g/mol. The number of benzene rings is 1. The van der Waals surface area contributed by atoms with Gasteiger partial charge in [-0.3, -0.25) is 4.79 Å². The van der Waals surface area contributed by atoms with E-state index in [1.807, 2.05) is 0 Å². The molecule has 1 atom stereocenters. The summed E-state index contributed by atoms with van der Waals surface area (Å²) in [5.74, 6) is -5.97. The number of rotatable bonds is 2. The fraction of sp³-hybridized carbons (Fsp3) is 0.300. The van der Waals surface area contributed by atoms with Crippen molar-refractivity contribution in [1.29, 1.82) is 0 Å². The van der Waals surface area contributed by atoms with Crippen molar-refractivity contribution in [1.82, 2.24) is 0 Å². The Balaban J connectivity index is 3.06. The topological polar surface area (TPSA) is 17.1 Å². The first-order valence-electron chi connectivity index (χ1n) is 4.29. The van der Waals surface area contributed by atoms with Gasteiger partial charge in [0.2, 0.25) is 0 Å². The predicted octanol–water partition coefficient (Wildman–Crippen LogP) is 3.35. The zero-order valence-corrected chi connectivity index (χ0v) is 8.11. The van der Waals surface area contributed by atoms with Crippen molar-refractivity contribution in [2.24, 2.45) is 5.92 Å². The molecule has 0 aliphatic rings. The van der Waals surface area contributed by atoms with Gasteiger partial charge in [-0.15, -0.1) is 0 Å². The quantitative estimate of drug-likeness (QED) is 0.570. The molecule has 0 aliphatic carbocycles. The Morgan fingerprint density at radius 2 is 1.81 bits per heavy atom. The second-order valence-electron chi connectivity index (χ2n) is 3.25. The first-order valence-corrected chi connectivity index (χ1v) is 4.29. The van der Waals surface area contributed by atoms with Crippen LogP contribution in [0.1, 0.15) is 17.3 Å². The van der Waals surface area contributed by atoms with Crippen LogP contribution in [0.4, 0.5) is 22.0 Å². The number of hydrogen-bond donors (Lipinski definition) is 0. The van der Waals surface area contributed by atoms with Crippen molar-refractivity contribution >= 4 is 5.78 Å². The largest absolute Gasteiger partial charge is 0.398 e. The van der Waals surface area contributed by atoms with Gasteiger partial charge in [-0.1, -0.05) is 0 Å². The van der Waals surface area contributed by atoms with Gasteiger partial charge in [0.05, 0.1) is 5.56 Å². The molecule has 0 bridgehead atoms. The number of carbonyl (C=O) groups is 1. The van der Waals surface area contributed by atoms with Gasteiger partial charge in [0.1, 0.15) is 17.6 Å². The van der Waals surface area contributed by atoms with Crippen LogP contribution >= 0.6 is 0 Å². The van der Waals surface area contributed by atoms with E-state index in [0.29, 0.717) is 19.1 Å². The van der Waals surface area contributed by atoms with Crippen molar-refractivity contribution in [3.05, 3.63) is 35.4 Å². The summed E-state index contributed by atoms with van der Waals surface area (Å²) >= 11 is 0. The van der Waals surface area contributed by atoms with Gasteiger partial charge < -0.3 is 0 Å². The molecule has 0 saturated carbocycles. The zero-order chi connectivity index (χ0) is 12.5. The summed E-state index contributed by atoms with van der Waals surface area (Å²) in [7, 11) is 0. The Morgan fingerprint density at radius 3 is 2.25 bits per heavy atom. The van der Waals surface area contributed by atoms with E-state index in [1.54, 1.807) is 0 Å². The fourth-order valence-electron chi connectivity index (χ4n) is 1.07. The Kier molecular flexibility index (Phi) is 3.30. The van der Waals surface area contributed by atoms with Crippen molar-refractivity contribution in [2.45, 2.75) is 13.1 Å². The molecule has 16 heavy (non-hydrogen) atoms. The van der Waals surface area contributed by atoms with Crippen LogP contribution < -0.4 is 0 Å². The van der Waals surface area contributed by atoms with Crippen LogP contribution in [0.3, 0.4) is 0 Å². The van der Waals surface area contributed by atoms with Crippen molar-refractivity contribution in [3.8, 4) is 0 Å². The molecule has 0 saturated heterocycles. The van der Waals surface area contributed by atoms with E-state index in [2.05, 4.69) is 0 Å². The molecule has 0 radical (unpaired) electrons. The van der Waals surface area contributed by atoms with Gasteiger partial charge in [-0.25, -0.2) is 8.78 Å². The summed E-state index contributed by atoms with van der Waals surface area (Å²) in [6.07, 6.45) is -4.74. The number of ketones is 1. The summed E-state index contributed by atoms with van der Waals surface area (Å²) in [5, 5.41) is 0. The van der Waals surface area contributed by atoms with Gasteiger partial charge in [0, 0.05) is 6.07 Å². The molecule has 0 amide bonds. The lowest BCUT2D eigenvalue weighted by molar-refractivity contribution is -0.156. The highest BCUT2D eigenvalue weighted by Gasteiger charge is 2.41. The molecule has 1 rings (SSSR count). The summed E-state index contributed by atoms with van der Waals surface area (Å²) in [6.45, 7) is 0.630. The Hall–Kier alpha value is -1.46. The Morgan fingerprint density at radius 1 is 1.25 bits per heavy atom. The molecule has 0 aliphatic heterocycles. The third kappa shape index (κ3) is 2.56. The maximum atomic E-state index is 13.0. The van der Waals surface area contributed by atoms with Gasteiger partial charge in [0.15, 0.2) is 5.78 Å². The predicted molar refractivity (Wildman–Crippen MR) is 45.9 cm³/mol. The highest BCUT2D eigenvalue weighted by Crippen LogP contribution is 2.29. The van der Waals surface area contributed by atoms with Crippen molar-refractivity contribution < 1.29 is 26.7 Å². The second-order valence-corrected chi connectivity index (χ2v) is 3.25. The highest BCUT2D eigenvalue weighted by molar-refractivity contribution is 5.98. The van der Waals surface area contributed by atoms with Gasteiger partial charge >= 0.3 is 6.18 Å². The monoisotopic (exact) mass is 238 g/mol. The molecule has 1 nitrogen and oxygen atoms in total. The zero-order valence-electron chi connectivity index (χ0n) is 8.11. The molecule has 88 valence electrons. The molecule has 1 aromatic carbocycles. The van der Waals surface area contributed by atoms with E-state index in [-0.39, 0.29) is 0 Å². The van der Waals surface area contributed by atoms with Crippen LogP contribution in [0.2, 0.25) is 0 Å². The van der Waals surface area contributed by atoms with E-state index in [1.165, 1.54) is 0 Å². The first-order chi connectivity index (χ1) is 7.23. The molecular formula is C10H7F5O. The smallest absolute Gasteiger partial charge is 0.293 e. The van der Waals surface area contributed by atoms with Crippen molar-refractivity contribution in [2.75, 3.05) is 0 Å². The maximum absolute atomic E-state index is 13.0. The molecule has 0 aromatic heterocycles. The van der Waals surface area contributed by atoms with E-state index in [0.717, 1.165) is 6.07 Å². The lowest BCUT2D eigenvalue weighted by Crippen LogP contribution is -2.28. The average Bonchev–Trinajstić information content (AvgIpc) is 2.14. The molecule has 0 unspecified atom stereocenters. The Bertz CT molecular complexity index is 410. The van der Waals surface area contributed by atoms with Crippen LogP contribution in [-0.4, -0.2) is 12.0 Å². The van der Waals surface area contributed by atoms with Crippen LogP contribution in [0.5, 0.6) is 0 Å². The minimum Gasteiger partial charge on any atom is -0.293 e. The molecular weight excluding hydrogens is 231 g/mol. The second kappa shape index (κ2) is 4.19. The van der Waals surface area contributed by atoms with Crippen LogP contribution in [0, 0.1) is 17.6 Å². The van der Waals surface area contributed by atoms with E-state index < -0.39 is 35.1 Å². The van der Waals surface area contributed by atoms with E-state index in [4.69, 9.17) is 0 Å². The standard InChI is InChI=1S/C10H7F5O/c1-5(10(13,14)15)9(16)7-3-2-6(11)4-8(7)12/h2-5H,1H3/t5-/m1/s1. The first kappa shape index (κ1) is 12.6. The normalized spacial score (nSPS) is 13.6. The number of carbonyl (C=O) groups excluding carboxylic acids is 1. The lowest BCUT2D eigenvalue weighted by Gasteiger charge is -2.14. The third-order valence-electron chi connectivity index (χ3n) is 2.08. The lowest BCUT2D eigenvalue weighted by atomic mass is 9.98. The Labute approximate surface area is 87.9 Å². The van der Waals surface area contributed by atoms with E-state index >= 15 is 0 Å². The van der Waals surface area contributed by atoms with Gasteiger partial charge in [0.25, 0.3) is 0 Å². The van der Waals surface area contributed by atoms with Crippen molar-refractivity contribution in [3.63, 3.8) is 0 Å². The maximum Gasteiger partial charge on any atom is 0.398 e. The van der Waals surface area contributed by atoms with Gasteiger partial charge in [-0.05, 0) is 19.1 Å². The highest BCUT2D eigenvalue weighted by atomic mass is 19.4. The molecule has 6 heteroatoms. The molecule has 1 aromatic rings. The third-order valence-corrected chi connectivity index (χ3v) is 2.08. The summed E-state index contributed by atoms with van der Waals surface area (Å²) in [6, 6.07) is 1.81. The molecule has 0 spiro atoms. The van der Waals surface area contributed by atoms with Crippen LogP contribution in [0.15, 0.2) is 18.2 Å². The van der Waals surface area contributed by atoms with Gasteiger partial charge in [-0.2, -0.15) is 13.2 Å². The number of alkyl halides is 3. The number of Topliss-reactive ketones (excluding diaryl/α,β-unsaturated/α-hetero) is 1. The number of halogens is 5. The minimum atomic E-state index is -4.74. The van der Waals surface area contributed by atoms with E-state index in [9.17, 15) is 26.7 Å². The summed E-state index contributed by atoms with van der Waals surface area (Å²) in [5.41, 5.74) is -0.758. The molecule has 0 heterocycles. The minimum absolute atomic E-state index is 0.371. The van der Waals surface area contributed by atoms with Crippen LogP contribution in [0.25, 0.3) is 0 Å². The van der Waals surface area contributed by atoms with Crippen LogP contribution in [-0.2, 0) is 0 Å². The summed E-state index contributed by atoms with van der Waals surface area (Å²) < 4.78 is 62.0. The SMILES string of the molecule is C[C@H](C(=O)c1ccc(F)cc1F)C(F)(F)F. The fourth-order valence-corrected chi connectivity index (χ4v) is 1.07. The number of hydrogen-bond acceptors (Lipinski definition) is 1.